The lowest BCUT2D eigenvalue weighted by Crippen LogP contribution is -2.55. The van der Waals surface area contributed by atoms with E-state index < -0.39 is 35.3 Å². The van der Waals surface area contributed by atoms with Crippen LogP contribution in [0.1, 0.15) is 49.7 Å². The molecule has 7 rings (SSSR count). The van der Waals surface area contributed by atoms with Gasteiger partial charge in [0, 0.05) is 44.4 Å². The summed E-state index contributed by atoms with van der Waals surface area (Å²) in [4.78, 5) is 31.4. The first-order valence-corrected chi connectivity index (χ1v) is 16.1. The van der Waals surface area contributed by atoms with E-state index >= 15 is 4.39 Å². The SMILES string of the molecule is C=C(F)C(=O)N1CCN(c2nc(OC[C@@]34CCCN3C[C@H](F)C4)nc3c(F)c(-c4ccc(F)c5c4CCCC5)ncc23)C[C@@H]1CC#N. The molecule has 2 aromatic heterocycles. The lowest BCUT2D eigenvalue weighted by atomic mass is 9.86. The van der Waals surface area contributed by atoms with Gasteiger partial charge < -0.3 is 14.5 Å². The largest absolute Gasteiger partial charge is 0.461 e. The van der Waals surface area contributed by atoms with Crippen molar-refractivity contribution in [2.24, 2.45) is 0 Å². The Balaban J connectivity index is 1.31. The van der Waals surface area contributed by atoms with Crippen LogP contribution in [0.25, 0.3) is 22.2 Å². The summed E-state index contributed by atoms with van der Waals surface area (Å²) in [5.41, 5.74) is 1.33. The molecule has 0 radical (unpaired) electrons. The Bertz CT molecular complexity index is 1800. The molecule has 3 aromatic rings. The zero-order chi connectivity index (χ0) is 32.9. The second-order valence-electron chi connectivity index (χ2n) is 13.0. The van der Waals surface area contributed by atoms with Crippen molar-refractivity contribution in [3.8, 4) is 23.3 Å². The third-order valence-corrected chi connectivity index (χ3v) is 10.2. The van der Waals surface area contributed by atoms with Gasteiger partial charge in [0.15, 0.2) is 11.6 Å². The Morgan fingerprint density at radius 3 is 2.70 bits per heavy atom. The van der Waals surface area contributed by atoms with Crippen LogP contribution in [0.5, 0.6) is 6.01 Å². The Labute approximate surface area is 269 Å². The zero-order valence-electron chi connectivity index (χ0n) is 26.0. The fourth-order valence-electron chi connectivity index (χ4n) is 7.96. The Kier molecular flexibility index (Phi) is 8.24. The third kappa shape index (κ3) is 5.56. The minimum Gasteiger partial charge on any atom is -0.461 e. The first-order chi connectivity index (χ1) is 22.7. The van der Waals surface area contributed by atoms with Crippen molar-refractivity contribution >= 4 is 22.6 Å². The molecule has 13 heteroatoms. The minimum atomic E-state index is -1.12. The molecule has 0 saturated carbocycles. The van der Waals surface area contributed by atoms with E-state index in [-0.39, 0.29) is 66.9 Å². The number of anilines is 1. The number of hydrogen-bond donors (Lipinski definition) is 0. The van der Waals surface area contributed by atoms with E-state index in [1.807, 2.05) is 0 Å². The van der Waals surface area contributed by atoms with E-state index in [9.17, 15) is 23.2 Å². The van der Waals surface area contributed by atoms with Crippen LogP contribution in [-0.4, -0.2) is 87.7 Å². The Morgan fingerprint density at radius 1 is 1.11 bits per heavy atom. The van der Waals surface area contributed by atoms with Crippen molar-refractivity contribution in [1.29, 1.82) is 5.26 Å². The Hall–Kier alpha value is -4.31. The van der Waals surface area contributed by atoms with Gasteiger partial charge in [0.2, 0.25) is 0 Å². The molecular formula is C34H35F4N7O2. The normalized spacial score (nSPS) is 24.2. The van der Waals surface area contributed by atoms with Crippen LogP contribution in [0.15, 0.2) is 30.7 Å². The number of benzene rings is 1. The average Bonchev–Trinajstić information content (AvgIpc) is 3.60. The van der Waals surface area contributed by atoms with Crippen LogP contribution in [0.4, 0.5) is 23.4 Å². The van der Waals surface area contributed by atoms with Crippen molar-refractivity contribution in [1.82, 2.24) is 24.8 Å². The summed E-state index contributed by atoms with van der Waals surface area (Å²) in [5, 5.41) is 9.77. The standard InChI is InChI=1S/C34H35F4N7O2/c1-20(35)32(46)45-14-13-43(18-22(45)9-11-39)31-26-16-40-29(25-7-8-27(37)24-6-3-2-5-23(24)25)28(38)30(26)41-33(42-31)47-19-34-10-4-12-44(34)17-21(36)15-34/h7-8,16,21-22H,1-6,9-10,12-15,17-19H2/t21-,22+,34+/m1/s1. The topological polar surface area (TPSA) is 98.5 Å². The smallest absolute Gasteiger partial charge is 0.319 e. The molecule has 1 amide bonds. The summed E-state index contributed by atoms with van der Waals surface area (Å²) in [6.07, 6.45) is 5.34. The molecule has 3 aliphatic heterocycles. The van der Waals surface area contributed by atoms with Gasteiger partial charge in [-0.15, -0.1) is 0 Å². The molecule has 1 aromatic carbocycles. The van der Waals surface area contributed by atoms with Gasteiger partial charge in [0.05, 0.1) is 29.5 Å². The molecular weight excluding hydrogens is 614 g/mol. The number of halogens is 4. The van der Waals surface area contributed by atoms with Gasteiger partial charge in [-0.3, -0.25) is 14.7 Å². The fraction of sp³-hybridized carbons (Fsp3) is 0.500. The highest BCUT2D eigenvalue weighted by atomic mass is 19.1. The molecule has 47 heavy (non-hydrogen) atoms. The van der Waals surface area contributed by atoms with Gasteiger partial charge >= 0.3 is 6.01 Å². The molecule has 5 heterocycles. The fourth-order valence-corrected chi connectivity index (χ4v) is 7.96. The molecule has 4 aliphatic rings. The highest BCUT2D eigenvalue weighted by molar-refractivity contribution is 5.93. The quantitative estimate of drug-likeness (QED) is 0.254. The van der Waals surface area contributed by atoms with Gasteiger partial charge in [0.1, 0.15) is 35.6 Å². The lowest BCUT2D eigenvalue weighted by molar-refractivity contribution is -0.131. The molecule has 3 atom stereocenters. The number of hydrogen-bond acceptors (Lipinski definition) is 8. The van der Waals surface area contributed by atoms with Crippen LogP contribution >= 0.6 is 0 Å². The number of fused-ring (bicyclic) bond motifs is 3. The molecule has 0 bridgehead atoms. The monoisotopic (exact) mass is 649 g/mol. The van der Waals surface area contributed by atoms with E-state index in [0.29, 0.717) is 36.9 Å². The average molecular weight is 650 g/mol. The summed E-state index contributed by atoms with van der Waals surface area (Å²) >= 11 is 0. The number of alkyl halides is 1. The lowest BCUT2D eigenvalue weighted by Gasteiger charge is -2.41. The Morgan fingerprint density at radius 2 is 1.91 bits per heavy atom. The first-order valence-electron chi connectivity index (χ1n) is 16.1. The zero-order valence-corrected chi connectivity index (χ0v) is 26.0. The van der Waals surface area contributed by atoms with Gasteiger partial charge in [0.25, 0.3) is 5.91 Å². The highest BCUT2D eigenvalue weighted by Crippen LogP contribution is 2.41. The summed E-state index contributed by atoms with van der Waals surface area (Å²) in [7, 11) is 0. The van der Waals surface area contributed by atoms with E-state index in [4.69, 9.17) is 4.74 Å². The van der Waals surface area contributed by atoms with Gasteiger partial charge in [-0.25, -0.2) is 17.6 Å². The number of ether oxygens (including phenoxy) is 1. The summed E-state index contributed by atoms with van der Waals surface area (Å²) < 4.78 is 65.9. The van der Waals surface area contributed by atoms with Crippen LogP contribution < -0.4 is 9.64 Å². The molecule has 0 spiro atoms. The number of nitriles is 1. The summed E-state index contributed by atoms with van der Waals surface area (Å²) in [6.45, 7) is 4.73. The van der Waals surface area contributed by atoms with Crippen LogP contribution in [0.3, 0.4) is 0 Å². The van der Waals surface area contributed by atoms with Crippen LogP contribution in [0, 0.1) is 23.0 Å². The van der Waals surface area contributed by atoms with Crippen molar-refractivity contribution < 1.29 is 27.1 Å². The maximum absolute atomic E-state index is 16.7. The summed E-state index contributed by atoms with van der Waals surface area (Å²) in [6, 6.07) is 4.18. The number of amides is 1. The number of aromatic nitrogens is 3. The second-order valence-corrected chi connectivity index (χ2v) is 13.0. The molecule has 9 nitrogen and oxygen atoms in total. The van der Waals surface area contributed by atoms with E-state index in [1.54, 1.807) is 11.0 Å². The molecule has 246 valence electrons. The van der Waals surface area contributed by atoms with Crippen molar-refractivity contribution in [2.75, 3.05) is 44.2 Å². The van der Waals surface area contributed by atoms with Crippen molar-refractivity contribution in [3.05, 3.63) is 53.5 Å². The number of nitrogens with zero attached hydrogens (tertiary/aromatic N) is 7. The number of rotatable bonds is 7. The maximum atomic E-state index is 16.7. The maximum Gasteiger partial charge on any atom is 0.319 e. The molecule has 1 aliphatic carbocycles. The van der Waals surface area contributed by atoms with Crippen molar-refractivity contribution in [2.45, 2.75) is 69.1 Å². The van der Waals surface area contributed by atoms with E-state index in [2.05, 4.69) is 32.5 Å². The molecule has 0 unspecified atom stereocenters. The first kappa shape index (κ1) is 31.3. The van der Waals surface area contributed by atoms with Crippen molar-refractivity contribution in [3.63, 3.8) is 0 Å². The number of piperazine rings is 1. The highest BCUT2D eigenvalue weighted by Gasteiger charge is 2.49. The molecule has 3 saturated heterocycles. The second kappa shape index (κ2) is 12.4. The van der Waals surface area contributed by atoms with Crippen LogP contribution in [-0.2, 0) is 17.6 Å². The van der Waals surface area contributed by atoms with Gasteiger partial charge in [-0.2, -0.15) is 15.2 Å². The number of pyridine rings is 1. The number of carbonyl (C=O) groups excluding carboxylic acids is 1. The van der Waals surface area contributed by atoms with Crippen LogP contribution in [0.2, 0.25) is 0 Å². The molecule has 0 N–H and O–H groups in total. The predicted molar refractivity (Wildman–Crippen MR) is 166 cm³/mol. The summed E-state index contributed by atoms with van der Waals surface area (Å²) in [5.74, 6) is -2.74. The third-order valence-electron chi connectivity index (χ3n) is 10.2. The number of carbonyl (C=O) groups is 1. The van der Waals surface area contributed by atoms with E-state index in [0.717, 1.165) is 37.8 Å². The molecule has 3 fully saturated rings. The predicted octanol–water partition coefficient (Wildman–Crippen LogP) is 5.22. The van der Waals surface area contributed by atoms with Gasteiger partial charge in [-0.05, 0) is 68.3 Å². The van der Waals surface area contributed by atoms with E-state index in [1.165, 1.54) is 17.2 Å². The minimum absolute atomic E-state index is 0.0436. The van der Waals surface area contributed by atoms with Gasteiger partial charge in [-0.1, -0.05) is 6.58 Å².